The lowest BCUT2D eigenvalue weighted by Crippen LogP contribution is -2.57. The molecule has 3 atom stereocenters. The number of likely N-dealkylation sites (tertiary alicyclic amines) is 1. The summed E-state index contributed by atoms with van der Waals surface area (Å²) < 4.78 is 12.5. The number of unbranched alkanes of at least 4 members (excludes halogenated alkanes) is 3. The first kappa shape index (κ1) is 53.5. The number of thiazole rings is 2. The van der Waals surface area contributed by atoms with Gasteiger partial charge in [-0.2, -0.15) is 0 Å². The van der Waals surface area contributed by atoms with Crippen LogP contribution in [-0.2, 0) is 25.7 Å². The number of aryl methyl sites for hydroxylation is 2. The molecule has 6 aromatic rings. The quantitative estimate of drug-likeness (QED) is 0.0478. The van der Waals surface area contributed by atoms with Crippen molar-refractivity contribution in [1.29, 1.82) is 0 Å². The van der Waals surface area contributed by atoms with Gasteiger partial charge in [0.05, 0.1) is 62.2 Å². The molecule has 0 spiro atoms. The Morgan fingerprint density at radius 3 is 2.38 bits per heavy atom. The molecule has 0 unspecified atom stereocenters. The zero-order chi connectivity index (χ0) is 52.4. The molecule has 1 aliphatic heterocycles. The van der Waals surface area contributed by atoms with Crippen LogP contribution in [0.25, 0.3) is 31.8 Å². The normalized spacial score (nSPS) is 16.4. The summed E-state index contributed by atoms with van der Waals surface area (Å²) in [6.45, 7) is 9.88. The number of β-amino-alcohol motifs (C(OH)–C–C–N with tert-alkyl or cyclic N) is 1. The van der Waals surface area contributed by atoms with Gasteiger partial charge in [-0.25, -0.2) is 14.8 Å². The maximum absolute atomic E-state index is 14.2. The van der Waals surface area contributed by atoms with E-state index in [9.17, 15) is 29.1 Å². The molecule has 5 heterocycles. The van der Waals surface area contributed by atoms with E-state index in [0.717, 1.165) is 81.6 Å². The summed E-state index contributed by atoms with van der Waals surface area (Å²) in [5.41, 5.74) is 7.94. The maximum Gasteiger partial charge on any atom is 0.411 e. The molecule has 1 saturated carbocycles. The van der Waals surface area contributed by atoms with E-state index in [0.29, 0.717) is 48.1 Å². The fourth-order valence-corrected chi connectivity index (χ4v) is 10.9. The average molecular weight is 1040 g/mol. The molecule has 5 N–H and O–H groups in total. The molecule has 1 aliphatic carbocycles. The lowest BCUT2D eigenvalue weighted by atomic mass is 9.85. The van der Waals surface area contributed by atoms with Crippen LogP contribution in [0.1, 0.15) is 119 Å². The van der Waals surface area contributed by atoms with E-state index in [2.05, 4.69) is 41.2 Å². The number of amides is 5. The van der Waals surface area contributed by atoms with Crippen LogP contribution in [0, 0.1) is 19.3 Å². The Morgan fingerprint density at radius 2 is 1.62 bits per heavy atom. The number of pyridine rings is 2. The summed E-state index contributed by atoms with van der Waals surface area (Å²) in [4.78, 5) is 87.1. The van der Waals surface area contributed by atoms with Crippen molar-refractivity contribution < 1.29 is 38.6 Å². The van der Waals surface area contributed by atoms with Crippen molar-refractivity contribution in [3.05, 3.63) is 101 Å². The number of aromatic nitrogens is 4. The predicted molar refractivity (Wildman–Crippen MR) is 287 cm³/mol. The minimum absolute atomic E-state index is 0.0382. The summed E-state index contributed by atoms with van der Waals surface area (Å²) in [6.07, 6.45) is 11.8. The molecule has 2 aliphatic rings. The van der Waals surface area contributed by atoms with Crippen LogP contribution >= 0.6 is 22.7 Å². The predicted octanol–water partition coefficient (Wildman–Crippen LogP) is 9.77. The first-order valence-corrected chi connectivity index (χ1v) is 27.1. The SMILES string of the molecule is Cc1ncc(-c2ccc3nc(NC(=O)CCCCCCOc4cncc(C(=O)N[C@H](C(=O)N5C[C@H](O)C[C@H]5C(=O)NCc5ccc(-c6scnc6C)cc5)C(C)(C)C)c4)sc3c2)cc1NC(=O)OC1CCCCC1. The second-order valence-electron chi connectivity index (χ2n) is 20.2. The molecule has 0 bridgehead atoms. The van der Waals surface area contributed by atoms with Gasteiger partial charge >= 0.3 is 6.09 Å². The van der Waals surface area contributed by atoms with Gasteiger partial charge in [0.25, 0.3) is 5.91 Å². The van der Waals surface area contributed by atoms with Crippen molar-refractivity contribution in [2.24, 2.45) is 5.41 Å². The number of hydrogen-bond donors (Lipinski definition) is 5. The monoisotopic (exact) mass is 1040 g/mol. The van der Waals surface area contributed by atoms with Crippen molar-refractivity contribution in [2.45, 2.75) is 136 Å². The Labute approximate surface area is 439 Å². The lowest BCUT2D eigenvalue weighted by Gasteiger charge is -2.35. The van der Waals surface area contributed by atoms with Crippen LogP contribution in [0.3, 0.4) is 0 Å². The number of carbonyl (C=O) groups excluding carboxylic acids is 5. The highest BCUT2D eigenvalue weighted by Gasteiger charge is 2.44. The Morgan fingerprint density at radius 1 is 0.851 bits per heavy atom. The van der Waals surface area contributed by atoms with Gasteiger partial charge in [-0.3, -0.25) is 34.5 Å². The van der Waals surface area contributed by atoms with Gasteiger partial charge < -0.3 is 35.4 Å². The summed E-state index contributed by atoms with van der Waals surface area (Å²) in [7, 11) is 0. The van der Waals surface area contributed by atoms with Crippen LogP contribution in [0.4, 0.5) is 15.6 Å². The zero-order valence-corrected chi connectivity index (χ0v) is 44.2. The highest BCUT2D eigenvalue weighted by molar-refractivity contribution is 7.22. The standard InChI is InChI=1S/C55H65N9O8S2/c1-33-44(61-54(70)72-41-13-9-8-10-14-41)24-38(29-57-33)37-20-21-43-46(25-37)74-53(60-43)62-47(66)15-11-6-7-12-22-71-42-23-39(28-56-30-42)50(67)63-49(55(3,4)5)52(69)64-31-40(65)26-45(64)51(68)58-27-35-16-18-36(19-17-35)48-34(2)59-32-73-48/h16-21,23-25,28-30,32,40-41,45,49,65H,6-15,22,26-27,31H2,1-5H3,(H,58,68)(H,61,70)(H,63,67)(H,60,62,66)/t40-,45+,49-/m1/s1. The van der Waals surface area contributed by atoms with E-state index in [-0.39, 0.29) is 43.0 Å². The molecule has 2 aromatic carbocycles. The van der Waals surface area contributed by atoms with Crippen molar-refractivity contribution in [3.8, 4) is 27.3 Å². The molecule has 19 heteroatoms. The molecule has 0 radical (unpaired) electrons. The fraction of sp³-hybridized carbons (Fsp3) is 0.436. The van der Waals surface area contributed by atoms with Gasteiger partial charge in [0, 0.05) is 43.9 Å². The molecular weight excluding hydrogens is 979 g/mol. The van der Waals surface area contributed by atoms with Crippen LogP contribution < -0.4 is 26.0 Å². The number of ether oxygens (including phenoxy) is 2. The largest absolute Gasteiger partial charge is 0.492 e. The number of aliphatic hydroxyl groups excluding tert-OH is 1. The average Bonchev–Trinajstić information content (AvgIpc) is 4.12. The molecule has 1 saturated heterocycles. The van der Waals surface area contributed by atoms with Gasteiger partial charge in [-0.1, -0.05) is 81.7 Å². The third-order valence-corrected chi connectivity index (χ3v) is 15.3. The number of rotatable bonds is 19. The number of anilines is 2. The molecule has 17 nitrogen and oxygen atoms in total. The third-order valence-electron chi connectivity index (χ3n) is 13.3. The lowest BCUT2D eigenvalue weighted by molar-refractivity contribution is -0.142. The smallest absolute Gasteiger partial charge is 0.411 e. The van der Waals surface area contributed by atoms with Crippen molar-refractivity contribution in [2.75, 3.05) is 23.8 Å². The third kappa shape index (κ3) is 14.1. The minimum Gasteiger partial charge on any atom is -0.492 e. The number of nitrogens with zero attached hydrogens (tertiary/aromatic N) is 5. The minimum atomic E-state index is -1.02. The van der Waals surface area contributed by atoms with Crippen LogP contribution in [-0.4, -0.2) is 97.1 Å². The van der Waals surface area contributed by atoms with Crippen LogP contribution in [0.15, 0.2) is 78.7 Å². The van der Waals surface area contributed by atoms with Crippen LogP contribution in [0.2, 0.25) is 0 Å². The summed E-state index contributed by atoms with van der Waals surface area (Å²) in [5.74, 6) is -1.09. The summed E-state index contributed by atoms with van der Waals surface area (Å²) >= 11 is 2.96. The zero-order valence-electron chi connectivity index (χ0n) is 42.6. The second kappa shape index (κ2) is 24.5. The van der Waals surface area contributed by atoms with Crippen molar-refractivity contribution in [1.82, 2.24) is 35.5 Å². The van der Waals surface area contributed by atoms with E-state index in [1.165, 1.54) is 35.1 Å². The van der Waals surface area contributed by atoms with E-state index >= 15 is 0 Å². The Hall–Kier alpha value is -6.83. The van der Waals surface area contributed by atoms with E-state index in [1.54, 1.807) is 23.6 Å². The second-order valence-corrected chi connectivity index (χ2v) is 22.1. The van der Waals surface area contributed by atoms with Gasteiger partial charge in [-0.05, 0) is 98.7 Å². The Bertz CT molecular complexity index is 2950. The molecule has 74 heavy (non-hydrogen) atoms. The van der Waals surface area contributed by atoms with Gasteiger partial charge in [0.15, 0.2) is 5.13 Å². The molecule has 2 fully saturated rings. The van der Waals surface area contributed by atoms with Gasteiger partial charge in [-0.15, -0.1) is 11.3 Å². The van der Waals surface area contributed by atoms with Crippen molar-refractivity contribution >= 4 is 73.4 Å². The molecule has 5 amide bonds. The van der Waals surface area contributed by atoms with Crippen LogP contribution in [0.5, 0.6) is 5.75 Å². The number of hydrogen-bond acceptors (Lipinski definition) is 14. The molecule has 8 rings (SSSR count). The topological polar surface area (TPSA) is 227 Å². The van der Waals surface area contributed by atoms with Gasteiger partial charge in [0.2, 0.25) is 17.7 Å². The number of aliphatic hydroxyl groups is 1. The van der Waals surface area contributed by atoms with Crippen molar-refractivity contribution in [3.63, 3.8) is 0 Å². The van der Waals surface area contributed by atoms with Gasteiger partial charge in [0.1, 0.15) is 23.9 Å². The fourth-order valence-electron chi connectivity index (χ4n) is 9.18. The van der Waals surface area contributed by atoms with E-state index in [1.807, 2.05) is 88.7 Å². The first-order chi connectivity index (χ1) is 35.6. The van der Waals surface area contributed by atoms with E-state index in [4.69, 9.17) is 9.47 Å². The Balaban J connectivity index is 0.756. The summed E-state index contributed by atoms with van der Waals surface area (Å²) in [6, 6.07) is 15.2. The molecular formula is C55H65N9O8S2. The highest BCUT2D eigenvalue weighted by Crippen LogP contribution is 2.33. The number of fused-ring (bicyclic) bond motifs is 1. The molecule has 4 aromatic heterocycles. The highest BCUT2D eigenvalue weighted by atomic mass is 32.1. The first-order valence-electron chi connectivity index (χ1n) is 25.4. The Kier molecular flexibility index (Phi) is 17.7. The van der Waals surface area contributed by atoms with E-state index < -0.39 is 41.5 Å². The number of carbonyl (C=O) groups is 5. The number of nitrogens with one attached hydrogen (secondary N) is 4. The molecule has 390 valence electrons. The maximum atomic E-state index is 14.2. The number of benzene rings is 2. The summed E-state index contributed by atoms with van der Waals surface area (Å²) in [5, 5.41) is 22.8.